The zero-order valence-corrected chi connectivity index (χ0v) is 12.8. The van der Waals surface area contributed by atoms with Crippen LogP contribution in [0.15, 0.2) is 0 Å². The van der Waals surface area contributed by atoms with Gasteiger partial charge in [-0.3, -0.25) is 4.79 Å². The number of halogens is 1. The molecule has 1 saturated heterocycles. The van der Waals surface area contributed by atoms with Gasteiger partial charge >= 0.3 is 0 Å². The normalized spacial score (nSPS) is 24.3. The molecule has 0 radical (unpaired) electrons. The second-order valence-electron chi connectivity index (χ2n) is 6.13. The minimum absolute atomic E-state index is 0. The van der Waals surface area contributed by atoms with Crippen LogP contribution in [0, 0.1) is 11.8 Å². The van der Waals surface area contributed by atoms with Gasteiger partial charge in [0.2, 0.25) is 5.91 Å². The minimum atomic E-state index is 0. The quantitative estimate of drug-likeness (QED) is 0.845. The van der Waals surface area contributed by atoms with Gasteiger partial charge in [0.1, 0.15) is 0 Å². The summed E-state index contributed by atoms with van der Waals surface area (Å²) in [7, 11) is 0. The molecule has 2 N–H and O–H groups in total. The maximum absolute atomic E-state index is 12.0. The van der Waals surface area contributed by atoms with Gasteiger partial charge in [0.05, 0.1) is 0 Å². The Morgan fingerprint density at radius 3 is 2.47 bits per heavy atom. The summed E-state index contributed by atoms with van der Waals surface area (Å²) in [5.74, 6) is 1.82. The van der Waals surface area contributed by atoms with Gasteiger partial charge in [0.15, 0.2) is 0 Å². The molecule has 0 aromatic rings. The Balaban J connectivity index is 0.00000180. The predicted octanol–water partition coefficient (Wildman–Crippen LogP) is 2.97. The summed E-state index contributed by atoms with van der Waals surface area (Å²) in [5, 5.41) is 0. The molecule has 1 saturated carbocycles. The Morgan fingerprint density at radius 2 is 1.84 bits per heavy atom. The van der Waals surface area contributed by atoms with Crippen molar-refractivity contribution in [3.05, 3.63) is 0 Å². The monoisotopic (exact) mass is 288 g/mol. The molecule has 1 heterocycles. The van der Waals surface area contributed by atoms with Crippen molar-refractivity contribution < 1.29 is 4.79 Å². The third kappa shape index (κ3) is 5.31. The molecule has 19 heavy (non-hydrogen) atoms. The third-order valence-corrected chi connectivity index (χ3v) is 4.70. The van der Waals surface area contributed by atoms with E-state index in [0.717, 1.165) is 44.8 Å². The Bertz CT molecular complexity index is 267. The van der Waals surface area contributed by atoms with Gasteiger partial charge in [-0.15, -0.1) is 12.4 Å². The first-order valence-corrected chi connectivity index (χ1v) is 7.77. The van der Waals surface area contributed by atoms with E-state index in [1.165, 1.54) is 38.5 Å². The largest absolute Gasteiger partial charge is 0.342 e. The molecular formula is C15H29ClN2O. The van der Waals surface area contributed by atoms with Crippen LogP contribution in [0.4, 0.5) is 0 Å². The van der Waals surface area contributed by atoms with E-state index in [1.807, 2.05) is 4.90 Å². The van der Waals surface area contributed by atoms with E-state index in [-0.39, 0.29) is 12.4 Å². The molecule has 0 spiro atoms. The summed E-state index contributed by atoms with van der Waals surface area (Å²) in [6.45, 7) is 2.56. The summed E-state index contributed by atoms with van der Waals surface area (Å²) in [6.07, 6.45) is 11.2. The first-order valence-electron chi connectivity index (χ1n) is 7.77. The lowest BCUT2D eigenvalue weighted by Crippen LogP contribution is -2.29. The molecule has 0 bridgehead atoms. The number of nitrogens with zero attached hydrogens (tertiary/aromatic N) is 1. The summed E-state index contributed by atoms with van der Waals surface area (Å²) >= 11 is 0. The first-order chi connectivity index (χ1) is 8.79. The van der Waals surface area contributed by atoms with Crippen molar-refractivity contribution in [2.75, 3.05) is 19.6 Å². The van der Waals surface area contributed by atoms with E-state index in [1.54, 1.807) is 0 Å². The molecule has 2 rings (SSSR count). The number of hydrogen-bond acceptors (Lipinski definition) is 2. The van der Waals surface area contributed by atoms with Crippen molar-refractivity contribution >= 4 is 18.3 Å². The molecule has 1 unspecified atom stereocenters. The van der Waals surface area contributed by atoms with Crippen molar-refractivity contribution in [2.45, 2.75) is 57.8 Å². The number of carbonyl (C=O) groups excluding carboxylic acids is 1. The number of nitrogens with two attached hydrogens (primary N) is 1. The van der Waals surface area contributed by atoms with Crippen LogP contribution < -0.4 is 5.73 Å². The molecule has 0 aromatic carbocycles. The van der Waals surface area contributed by atoms with Crippen LogP contribution in [0.3, 0.4) is 0 Å². The fourth-order valence-corrected chi connectivity index (χ4v) is 3.43. The summed E-state index contributed by atoms with van der Waals surface area (Å²) < 4.78 is 0. The van der Waals surface area contributed by atoms with Gasteiger partial charge in [-0.25, -0.2) is 0 Å². The number of likely N-dealkylation sites (tertiary alicyclic amines) is 1. The molecule has 2 fully saturated rings. The van der Waals surface area contributed by atoms with Gasteiger partial charge in [-0.05, 0) is 37.6 Å². The molecule has 2 aliphatic rings. The summed E-state index contributed by atoms with van der Waals surface area (Å²) in [5.41, 5.74) is 5.66. The second-order valence-corrected chi connectivity index (χ2v) is 6.13. The molecule has 1 aliphatic heterocycles. The average molecular weight is 289 g/mol. The lowest BCUT2D eigenvalue weighted by molar-refractivity contribution is -0.130. The average Bonchev–Trinajstić information content (AvgIpc) is 2.89. The van der Waals surface area contributed by atoms with Crippen LogP contribution in [-0.2, 0) is 4.79 Å². The highest BCUT2D eigenvalue weighted by atomic mass is 35.5. The van der Waals surface area contributed by atoms with E-state index in [0.29, 0.717) is 11.8 Å². The number of amides is 1. The fraction of sp³-hybridized carbons (Fsp3) is 0.933. The van der Waals surface area contributed by atoms with Crippen LogP contribution in [0.1, 0.15) is 57.8 Å². The molecule has 1 amide bonds. The Labute approximate surface area is 123 Å². The minimum Gasteiger partial charge on any atom is -0.342 e. The maximum atomic E-state index is 12.0. The van der Waals surface area contributed by atoms with E-state index >= 15 is 0 Å². The number of rotatable bonds is 5. The van der Waals surface area contributed by atoms with Crippen molar-refractivity contribution in [1.82, 2.24) is 4.90 Å². The molecule has 1 atom stereocenters. The molecule has 112 valence electrons. The highest BCUT2D eigenvalue weighted by molar-refractivity contribution is 5.85. The van der Waals surface area contributed by atoms with E-state index in [2.05, 4.69) is 0 Å². The Kier molecular flexibility index (Phi) is 7.77. The third-order valence-electron chi connectivity index (χ3n) is 4.70. The predicted molar refractivity (Wildman–Crippen MR) is 81.4 cm³/mol. The summed E-state index contributed by atoms with van der Waals surface area (Å²) in [6, 6.07) is 0. The molecule has 0 aromatic heterocycles. The van der Waals surface area contributed by atoms with Crippen molar-refractivity contribution in [2.24, 2.45) is 17.6 Å². The van der Waals surface area contributed by atoms with Crippen molar-refractivity contribution in [3.8, 4) is 0 Å². The molecule has 3 nitrogen and oxygen atoms in total. The van der Waals surface area contributed by atoms with Gasteiger partial charge in [0, 0.05) is 19.5 Å². The summed E-state index contributed by atoms with van der Waals surface area (Å²) in [4.78, 5) is 14.1. The zero-order chi connectivity index (χ0) is 12.8. The highest BCUT2D eigenvalue weighted by Gasteiger charge is 2.24. The van der Waals surface area contributed by atoms with Gasteiger partial charge in [0.25, 0.3) is 0 Å². The standard InChI is InChI=1S/C15H28N2O.ClH/c16-11-14-9-10-17(12-14)15(18)8-4-7-13-5-2-1-3-6-13;/h13-14H,1-12,16H2;1H. The SMILES string of the molecule is Cl.NCC1CCN(C(=O)CCCC2CCCCC2)C1. The topological polar surface area (TPSA) is 46.3 Å². The van der Waals surface area contributed by atoms with Gasteiger partial charge in [-0.1, -0.05) is 32.1 Å². The second kappa shape index (κ2) is 8.80. The molecule has 4 heteroatoms. The van der Waals surface area contributed by atoms with Crippen LogP contribution in [-0.4, -0.2) is 30.4 Å². The lowest BCUT2D eigenvalue weighted by atomic mass is 9.86. The van der Waals surface area contributed by atoms with Crippen molar-refractivity contribution in [1.29, 1.82) is 0 Å². The van der Waals surface area contributed by atoms with Crippen LogP contribution in [0.5, 0.6) is 0 Å². The number of hydrogen-bond donors (Lipinski definition) is 1. The molecule has 1 aliphatic carbocycles. The first kappa shape index (κ1) is 16.8. The van der Waals surface area contributed by atoms with E-state index < -0.39 is 0 Å². The number of carbonyl (C=O) groups is 1. The van der Waals surface area contributed by atoms with Crippen LogP contribution in [0.2, 0.25) is 0 Å². The van der Waals surface area contributed by atoms with E-state index in [9.17, 15) is 4.79 Å². The maximum Gasteiger partial charge on any atom is 0.222 e. The Morgan fingerprint density at radius 1 is 1.11 bits per heavy atom. The van der Waals surface area contributed by atoms with Gasteiger partial charge in [-0.2, -0.15) is 0 Å². The van der Waals surface area contributed by atoms with Crippen LogP contribution in [0.25, 0.3) is 0 Å². The lowest BCUT2D eigenvalue weighted by Gasteiger charge is -2.22. The zero-order valence-electron chi connectivity index (χ0n) is 12.0. The highest BCUT2D eigenvalue weighted by Crippen LogP contribution is 2.28. The molecular weight excluding hydrogens is 260 g/mol. The Hall–Kier alpha value is -0.280. The fourth-order valence-electron chi connectivity index (χ4n) is 3.43. The smallest absolute Gasteiger partial charge is 0.222 e. The van der Waals surface area contributed by atoms with Crippen LogP contribution >= 0.6 is 12.4 Å². The van der Waals surface area contributed by atoms with Gasteiger partial charge < -0.3 is 10.6 Å². The van der Waals surface area contributed by atoms with E-state index in [4.69, 9.17) is 5.73 Å². The van der Waals surface area contributed by atoms with Crippen molar-refractivity contribution in [3.63, 3.8) is 0 Å².